The summed E-state index contributed by atoms with van der Waals surface area (Å²) in [6.45, 7) is 0. The van der Waals surface area contributed by atoms with Crippen LogP contribution in [0.5, 0.6) is 0 Å². The first kappa shape index (κ1) is 12.4. The summed E-state index contributed by atoms with van der Waals surface area (Å²) in [5.74, 6) is -0.762. The summed E-state index contributed by atoms with van der Waals surface area (Å²) < 4.78 is 31.6. The number of hydrogen-bond donors (Lipinski definition) is 0. The molecule has 1 heterocycles. The Labute approximate surface area is 95.7 Å². The molecule has 0 saturated heterocycles. The highest BCUT2D eigenvalue weighted by atomic mass is 35.5. The minimum atomic E-state index is -3.94. The molecule has 0 atom stereocenters. The van der Waals surface area contributed by atoms with E-state index in [9.17, 15) is 13.2 Å². The van der Waals surface area contributed by atoms with Crippen LogP contribution in [-0.4, -0.2) is 28.6 Å². The zero-order valence-electron chi connectivity index (χ0n) is 7.81. The van der Waals surface area contributed by atoms with Gasteiger partial charge in [0.25, 0.3) is 10.1 Å². The molecule has 0 aliphatic carbocycles. The summed E-state index contributed by atoms with van der Waals surface area (Å²) in [7, 11) is -1.78. The summed E-state index contributed by atoms with van der Waals surface area (Å²) in [6, 6.07) is 1.15. The summed E-state index contributed by atoms with van der Waals surface area (Å²) in [4.78, 5) is 10.9. The fourth-order valence-electron chi connectivity index (χ4n) is 0.856. The Morgan fingerprint density at radius 2 is 2.07 bits per heavy atom. The SMILES string of the molecule is COC(=O)c1sc(Cl)cc1S(=O)(=O)OC. The average Bonchev–Trinajstić information content (AvgIpc) is 2.60. The van der Waals surface area contributed by atoms with Crippen molar-refractivity contribution in [1.82, 2.24) is 0 Å². The molecule has 1 aromatic heterocycles. The molecule has 0 bridgehead atoms. The van der Waals surface area contributed by atoms with Crippen LogP contribution >= 0.6 is 22.9 Å². The first-order chi connectivity index (χ1) is 6.92. The second-order valence-corrected chi connectivity index (χ2v) is 5.72. The third kappa shape index (κ3) is 2.49. The zero-order valence-corrected chi connectivity index (χ0v) is 10.2. The smallest absolute Gasteiger partial charge is 0.349 e. The largest absolute Gasteiger partial charge is 0.465 e. The van der Waals surface area contributed by atoms with Crippen molar-refractivity contribution in [3.63, 3.8) is 0 Å². The minimum absolute atomic E-state index is 0.0932. The maximum atomic E-state index is 11.4. The molecule has 0 aliphatic rings. The van der Waals surface area contributed by atoms with E-state index in [1.54, 1.807) is 0 Å². The molecule has 5 nitrogen and oxygen atoms in total. The number of carbonyl (C=O) groups excluding carboxylic acids is 1. The Morgan fingerprint density at radius 3 is 2.53 bits per heavy atom. The van der Waals surface area contributed by atoms with Crippen molar-refractivity contribution in [2.24, 2.45) is 0 Å². The molecule has 0 unspecified atom stereocenters. The molecule has 15 heavy (non-hydrogen) atoms. The maximum absolute atomic E-state index is 11.4. The molecule has 1 aromatic rings. The molecule has 0 spiro atoms. The van der Waals surface area contributed by atoms with Crippen LogP contribution in [-0.2, 0) is 19.0 Å². The van der Waals surface area contributed by atoms with E-state index in [1.165, 1.54) is 0 Å². The number of halogens is 1. The summed E-state index contributed by atoms with van der Waals surface area (Å²) >= 11 is 6.44. The highest BCUT2D eigenvalue weighted by molar-refractivity contribution is 7.87. The third-order valence-corrected chi connectivity index (χ3v) is 4.20. The van der Waals surface area contributed by atoms with Crippen molar-refractivity contribution < 1.29 is 22.1 Å². The van der Waals surface area contributed by atoms with Crippen molar-refractivity contribution in [3.8, 4) is 0 Å². The second kappa shape index (κ2) is 4.48. The number of esters is 1. The number of ether oxygens (including phenoxy) is 1. The van der Waals surface area contributed by atoms with Gasteiger partial charge in [0.05, 0.1) is 18.6 Å². The Bertz CT molecular complexity index is 476. The van der Waals surface area contributed by atoms with E-state index >= 15 is 0 Å². The van der Waals surface area contributed by atoms with Gasteiger partial charge in [-0.15, -0.1) is 11.3 Å². The Kier molecular flexibility index (Phi) is 3.72. The van der Waals surface area contributed by atoms with Crippen molar-refractivity contribution in [3.05, 3.63) is 15.3 Å². The number of carbonyl (C=O) groups is 1. The van der Waals surface area contributed by atoms with Gasteiger partial charge in [-0.05, 0) is 6.07 Å². The van der Waals surface area contributed by atoms with E-state index in [-0.39, 0.29) is 14.1 Å². The Morgan fingerprint density at radius 1 is 1.47 bits per heavy atom. The highest BCUT2D eigenvalue weighted by Crippen LogP contribution is 2.31. The number of methoxy groups -OCH3 is 1. The van der Waals surface area contributed by atoms with E-state index in [4.69, 9.17) is 11.6 Å². The van der Waals surface area contributed by atoms with Crippen molar-refractivity contribution in [2.45, 2.75) is 4.90 Å². The lowest BCUT2D eigenvalue weighted by molar-refractivity contribution is 0.0602. The monoisotopic (exact) mass is 270 g/mol. The van der Waals surface area contributed by atoms with Crippen molar-refractivity contribution in [2.75, 3.05) is 14.2 Å². The van der Waals surface area contributed by atoms with Crippen molar-refractivity contribution >= 4 is 39.0 Å². The fourth-order valence-corrected chi connectivity index (χ4v) is 3.22. The van der Waals surface area contributed by atoms with Gasteiger partial charge >= 0.3 is 5.97 Å². The van der Waals surface area contributed by atoms with Crippen LogP contribution in [0.3, 0.4) is 0 Å². The molecule has 0 N–H and O–H groups in total. The van der Waals surface area contributed by atoms with Crippen LogP contribution in [0.15, 0.2) is 11.0 Å². The molecule has 84 valence electrons. The summed E-state index contributed by atoms with van der Waals surface area (Å²) in [5.41, 5.74) is 0. The van der Waals surface area contributed by atoms with Gasteiger partial charge in [0.15, 0.2) is 0 Å². The molecule has 1 rings (SSSR count). The van der Waals surface area contributed by atoms with Gasteiger partial charge in [0.2, 0.25) is 0 Å². The van der Waals surface area contributed by atoms with E-state index in [0.29, 0.717) is 0 Å². The number of thiophene rings is 1. The maximum Gasteiger partial charge on any atom is 0.349 e. The van der Waals surface area contributed by atoms with Crippen LogP contribution in [0.1, 0.15) is 9.67 Å². The molecule has 8 heteroatoms. The van der Waals surface area contributed by atoms with Crippen LogP contribution in [0.25, 0.3) is 0 Å². The van der Waals surface area contributed by atoms with E-state index in [1.807, 2.05) is 0 Å². The van der Waals surface area contributed by atoms with Gasteiger partial charge in [0, 0.05) is 0 Å². The van der Waals surface area contributed by atoms with E-state index < -0.39 is 16.1 Å². The predicted octanol–water partition coefficient (Wildman–Crippen LogP) is 1.52. The third-order valence-electron chi connectivity index (χ3n) is 1.53. The predicted molar refractivity (Wildman–Crippen MR) is 54.9 cm³/mol. The molecular formula is C7H7ClO5S2. The highest BCUT2D eigenvalue weighted by Gasteiger charge is 2.26. The van der Waals surface area contributed by atoms with Gasteiger partial charge in [-0.25, -0.2) is 4.79 Å². The standard InChI is InChI=1S/C7H7ClO5S2/c1-12-7(9)6-4(3-5(8)14-6)15(10,11)13-2/h3H,1-2H3. The van der Waals surface area contributed by atoms with Gasteiger partial charge in [-0.1, -0.05) is 11.6 Å². The normalized spacial score (nSPS) is 11.4. The summed E-state index contributed by atoms with van der Waals surface area (Å²) in [5, 5.41) is 0. The van der Waals surface area contributed by atoms with Gasteiger partial charge < -0.3 is 4.74 Å². The van der Waals surface area contributed by atoms with Crippen LogP contribution in [0.2, 0.25) is 4.34 Å². The van der Waals surface area contributed by atoms with Crippen LogP contribution < -0.4 is 0 Å². The van der Waals surface area contributed by atoms with E-state index in [2.05, 4.69) is 8.92 Å². The molecule has 0 saturated carbocycles. The van der Waals surface area contributed by atoms with E-state index in [0.717, 1.165) is 31.6 Å². The molecular weight excluding hydrogens is 264 g/mol. The molecule has 0 radical (unpaired) electrons. The molecule has 0 fully saturated rings. The lowest BCUT2D eigenvalue weighted by Gasteiger charge is -2.00. The Hall–Kier alpha value is -0.630. The topological polar surface area (TPSA) is 69.7 Å². The first-order valence-electron chi connectivity index (χ1n) is 3.60. The second-order valence-electron chi connectivity index (χ2n) is 2.36. The van der Waals surface area contributed by atoms with Gasteiger partial charge in [-0.3, -0.25) is 4.18 Å². The number of rotatable bonds is 3. The lowest BCUT2D eigenvalue weighted by Crippen LogP contribution is -2.08. The molecule has 0 aromatic carbocycles. The fraction of sp³-hybridized carbons (Fsp3) is 0.286. The molecule has 0 aliphatic heterocycles. The minimum Gasteiger partial charge on any atom is -0.465 e. The first-order valence-corrected chi connectivity index (χ1v) is 6.21. The van der Waals surface area contributed by atoms with Crippen LogP contribution in [0, 0.1) is 0 Å². The summed E-state index contributed by atoms with van der Waals surface area (Å²) in [6.07, 6.45) is 0. The van der Waals surface area contributed by atoms with Gasteiger partial charge in [0.1, 0.15) is 9.77 Å². The zero-order chi connectivity index (χ0) is 11.6. The average molecular weight is 271 g/mol. The van der Waals surface area contributed by atoms with Gasteiger partial charge in [-0.2, -0.15) is 8.42 Å². The lowest BCUT2D eigenvalue weighted by atomic mass is 10.5. The number of hydrogen-bond acceptors (Lipinski definition) is 6. The van der Waals surface area contributed by atoms with Crippen LogP contribution in [0.4, 0.5) is 0 Å². The Balaban J connectivity index is 3.36. The quantitative estimate of drug-likeness (QED) is 0.615. The molecule has 0 amide bonds. The van der Waals surface area contributed by atoms with Crippen molar-refractivity contribution in [1.29, 1.82) is 0 Å².